The molecule has 116 valence electrons. The normalized spacial score (nSPS) is 28.2. The van der Waals surface area contributed by atoms with Crippen molar-refractivity contribution in [2.45, 2.75) is 45.0 Å². The largest absolute Gasteiger partial charge is 0.488 e. The number of aliphatic hydroxyl groups excluding tert-OH is 1. The smallest absolute Gasteiger partial charge is 0.123 e. The summed E-state index contributed by atoms with van der Waals surface area (Å²) in [7, 11) is 0. The molecule has 4 heteroatoms. The van der Waals surface area contributed by atoms with Crippen LogP contribution in [0.1, 0.15) is 25.0 Å². The first-order chi connectivity index (χ1) is 9.95. The number of fused-ring (bicyclic) bond motifs is 1. The lowest BCUT2D eigenvalue weighted by atomic mass is 10.0. The minimum atomic E-state index is -0.215. The highest BCUT2D eigenvalue weighted by molar-refractivity contribution is 5.40. The molecule has 2 heterocycles. The molecule has 0 spiro atoms. The van der Waals surface area contributed by atoms with Gasteiger partial charge in [-0.1, -0.05) is 17.7 Å². The number of aryl methyl sites for hydroxylation is 1. The van der Waals surface area contributed by atoms with Crippen molar-refractivity contribution >= 4 is 0 Å². The van der Waals surface area contributed by atoms with E-state index in [0.29, 0.717) is 0 Å². The number of benzene rings is 1. The predicted molar refractivity (Wildman–Crippen MR) is 81.8 cm³/mol. The molecule has 2 atom stereocenters. The van der Waals surface area contributed by atoms with E-state index in [1.165, 1.54) is 11.1 Å². The van der Waals surface area contributed by atoms with Gasteiger partial charge in [-0.05, 0) is 32.4 Å². The molecule has 2 unspecified atom stereocenters. The molecule has 2 aliphatic rings. The number of ether oxygens (including phenoxy) is 2. The summed E-state index contributed by atoms with van der Waals surface area (Å²) in [6.45, 7) is 8.88. The molecule has 0 radical (unpaired) electrons. The molecule has 21 heavy (non-hydrogen) atoms. The fraction of sp³-hybridized carbons (Fsp3) is 0.647. The highest BCUT2D eigenvalue weighted by Gasteiger charge is 2.35. The van der Waals surface area contributed by atoms with E-state index in [4.69, 9.17) is 9.47 Å². The van der Waals surface area contributed by atoms with Crippen LogP contribution < -0.4 is 4.74 Å². The van der Waals surface area contributed by atoms with Crippen LogP contribution in [0.25, 0.3) is 0 Å². The molecule has 4 nitrogen and oxygen atoms in total. The van der Waals surface area contributed by atoms with Gasteiger partial charge in [0, 0.05) is 26.1 Å². The monoisotopic (exact) mass is 291 g/mol. The number of rotatable bonds is 3. The van der Waals surface area contributed by atoms with Crippen LogP contribution in [0.4, 0.5) is 0 Å². The zero-order chi connectivity index (χ0) is 15.0. The van der Waals surface area contributed by atoms with Gasteiger partial charge in [0.15, 0.2) is 0 Å². The summed E-state index contributed by atoms with van der Waals surface area (Å²) in [6.07, 6.45) is 1.08. The van der Waals surface area contributed by atoms with Crippen LogP contribution in [0.2, 0.25) is 0 Å². The predicted octanol–water partition coefficient (Wildman–Crippen LogP) is 1.77. The van der Waals surface area contributed by atoms with Crippen LogP contribution in [-0.4, -0.2) is 54.1 Å². The Labute approximate surface area is 126 Å². The molecule has 0 bridgehead atoms. The SMILES string of the molecule is Cc1ccc2c(c1)CC(CN1CC(CO)OC(C)(C)C1)O2. The number of morpholine rings is 1. The number of aliphatic hydroxyl groups is 1. The van der Waals surface area contributed by atoms with Crippen molar-refractivity contribution in [3.63, 3.8) is 0 Å². The lowest BCUT2D eigenvalue weighted by molar-refractivity contribution is -0.151. The molecule has 0 aliphatic carbocycles. The third kappa shape index (κ3) is 3.39. The van der Waals surface area contributed by atoms with Crippen LogP contribution in [0, 0.1) is 6.92 Å². The van der Waals surface area contributed by atoms with Gasteiger partial charge in [0.05, 0.1) is 18.3 Å². The second kappa shape index (κ2) is 5.59. The van der Waals surface area contributed by atoms with Gasteiger partial charge in [-0.15, -0.1) is 0 Å². The molecule has 1 fully saturated rings. The lowest BCUT2D eigenvalue weighted by Crippen LogP contribution is -2.55. The fourth-order valence-electron chi connectivity index (χ4n) is 3.49. The molecule has 3 rings (SSSR count). The van der Waals surface area contributed by atoms with Crippen molar-refractivity contribution < 1.29 is 14.6 Å². The highest BCUT2D eigenvalue weighted by Crippen LogP contribution is 2.30. The molecular formula is C17H25NO3. The Kier molecular flexibility index (Phi) is 3.95. The number of hydrogen-bond acceptors (Lipinski definition) is 4. The van der Waals surface area contributed by atoms with E-state index >= 15 is 0 Å². The Morgan fingerprint density at radius 2 is 2.14 bits per heavy atom. The zero-order valence-electron chi connectivity index (χ0n) is 13.1. The van der Waals surface area contributed by atoms with Gasteiger partial charge in [-0.2, -0.15) is 0 Å². The van der Waals surface area contributed by atoms with Crippen molar-refractivity contribution in [3.05, 3.63) is 29.3 Å². The maximum atomic E-state index is 9.39. The van der Waals surface area contributed by atoms with E-state index in [2.05, 4.69) is 43.9 Å². The summed E-state index contributed by atoms with van der Waals surface area (Å²) in [4.78, 5) is 2.35. The molecule has 1 aromatic carbocycles. The average molecular weight is 291 g/mol. The Balaban J connectivity index is 1.63. The van der Waals surface area contributed by atoms with E-state index in [1.807, 2.05) is 0 Å². The minimum Gasteiger partial charge on any atom is -0.488 e. The Morgan fingerprint density at radius 3 is 2.90 bits per heavy atom. The van der Waals surface area contributed by atoms with Crippen molar-refractivity contribution in [3.8, 4) is 5.75 Å². The summed E-state index contributed by atoms with van der Waals surface area (Å²) in [6, 6.07) is 6.39. The molecule has 1 saturated heterocycles. The fourth-order valence-corrected chi connectivity index (χ4v) is 3.49. The van der Waals surface area contributed by atoms with Crippen molar-refractivity contribution in [2.24, 2.45) is 0 Å². The Morgan fingerprint density at radius 1 is 1.33 bits per heavy atom. The molecule has 0 aromatic heterocycles. The molecule has 1 N–H and O–H groups in total. The van der Waals surface area contributed by atoms with E-state index in [0.717, 1.165) is 31.8 Å². The summed E-state index contributed by atoms with van der Waals surface area (Å²) < 4.78 is 11.9. The zero-order valence-corrected chi connectivity index (χ0v) is 13.1. The van der Waals surface area contributed by atoms with Gasteiger partial charge < -0.3 is 14.6 Å². The second-order valence-electron chi connectivity index (χ2n) is 6.93. The van der Waals surface area contributed by atoms with Gasteiger partial charge >= 0.3 is 0 Å². The minimum absolute atomic E-state index is 0.0743. The summed E-state index contributed by atoms with van der Waals surface area (Å²) in [5.41, 5.74) is 2.38. The third-order valence-corrected chi connectivity index (χ3v) is 4.17. The van der Waals surface area contributed by atoms with Gasteiger partial charge in [0.1, 0.15) is 11.9 Å². The first-order valence-electron chi connectivity index (χ1n) is 7.72. The highest BCUT2D eigenvalue weighted by atomic mass is 16.5. The van der Waals surface area contributed by atoms with Crippen molar-refractivity contribution in [1.29, 1.82) is 0 Å². The second-order valence-corrected chi connectivity index (χ2v) is 6.93. The van der Waals surface area contributed by atoms with Gasteiger partial charge in [-0.25, -0.2) is 0 Å². The molecule has 1 aromatic rings. The van der Waals surface area contributed by atoms with Crippen molar-refractivity contribution in [2.75, 3.05) is 26.2 Å². The van der Waals surface area contributed by atoms with Gasteiger partial charge in [0.25, 0.3) is 0 Å². The first kappa shape index (κ1) is 14.8. The first-order valence-corrected chi connectivity index (χ1v) is 7.72. The molecule has 0 saturated carbocycles. The maximum Gasteiger partial charge on any atom is 0.123 e. The van der Waals surface area contributed by atoms with E-state index < -0.39 is 0 Å². The maximum absolute atomic E-state index is 9.39. The Bertz CT molecular complexity index is 515. The molecule has 2 aliphatic heterocycles. The van der Waals surface area contributed by atoms with Crippen molar-refractivity contribution in [1.82, 2.24) is 4.90 Å². The van der Waals surface area contributed by atoms with Crippen LogP contribution >= 0.6 is 0 Å². The quantitative estimate of drug-likeness (QED) is 0.921. The summed E-state index contributed by atoms with van der Waals surface area (Å²) in [5, 5.41) is 9.39. The van der Waals surface area contributed by atoms with Crippen LogP contribution in [0.15, 0.2) is 18.2 Å². The van der Waals surface area contributed by atoms with Crippen LogP contribution in [-0.2, 0) is 11.2 Å². The van der Waals surface area contributed by atoms with Gasteiger partial charge in [0.2, 0.25) is 0 Å². The van der Waals surface area contributed by atoms with Crippen LogP contribution in [0.3, 0.4) is 0 Å². The van der Waals surface area contributed by atoms with Gasteiger partial charge in [-0.3, -0.25) is 4.90 Å². The standard InChI is InChI=1S/C17H25NO3/c1-12-4-5-16-13(6-12)7-14(20-16)8-18-9-15(10-19)21-17(2,3)11-18/h4-6,14-15,19H,7-11H2,1-3H3. The average Bonchev–Trinajstić information content (AvgIpc) is 2.77. The summed E-state index contributed by atoms with van der Waals surface area (Å²) in [5.74, 6) is 1.02. The van der Waals surface area contributed by atoms with E-state index in [1.54, 1.807) is 0 Å². The molecular weight excluding hydrogens is 266 g/mol. The van der Waals surface area contributed by atoms with E-state index in [9.17, 15) is 5.11 Å². The number of nitrogens with zero attached hydrogens (tertiary/aromatic N) is 1. The third-order valence-electron chi connectivity index (χ3n) is 4.17. The topological polar surface area (TPSA) is 41.9 Å². The number of hydrogen-bond donors (Lipinski definition) is 1. The molecule has 0 amide bonds. The van der Waals surface area contributed by atoms with Crippen LogP contribution in [0.5, 0.6) is 5.75 Å². The lowest BCUT2D eigenvalue weighted by Gasteiger charge is -2.42. The Hall–Kier alpha value is -1.10. The van der Waals surface area contributed by atoms with E-state index in [-0.39, 0.29) is 24.4 Å². The summed E-state index contributed by atoms with van der Waals surface area (Å²) >= 11 is 0.